The topological polar surface area (TPSA) is 64.6 Å². The lowest BCUT2D eigenvalue weighted by Gasteiger charge is -2.17. The van der Waals surface area contributed by atoms with Crippen molar-refractivity contribution in [3.05, 3.63) is 52.0 Å². The van der Waals surface area contributed by atoms with Gasteiger partial charge in [-0.2, -0.15) is 0 Å². The lowest BCUT2D eigenvalue weighted by atomic mass is 10.00. The van der Waals surface area contributed by atoms with Crippen LogP contribution in [0.25, 0.3) is 0 Å². The zero-order valence-corrected chi connectivity index (χ0v) is 17.9. The monoisotopic (exact) mass is 441 g/mol. The third kappa shape index (κ3) is 4.58. The van der Waals surface area contributed by atoms with E-state index in [0.29, 0.717) is 21.9 Å². The summed E-state index contributed by atoms with van der Waals surface area (Å²) in [6.45, 7) is 6.06. The Morgan fingerprint density at radius 1 is 0.923 bits per heavy atom. The normalized spacial score (nSPS) is 12.9. The van der Waals surface area contributed by atoms with Crippen LogP contribution in [0.5, 0.6) is 11.5 Å². The Labute approximate surface area is 163 Å². The first-order valence-corrected chi connectivity index (χ1v) is 10.5. The van der Waals surface area contributed by atoms with E-state index in [2.05, 4.69) is 34.5 Å². The summed E-state index contributed by atoms with van der Waals surface area (Å²) < 4.78 is 39.2. The average molecular weight is 442 g/mol. The maximum absolute atomic E-state index is 12.8. The predicted molar refractivity (Wildman–Crippen MR) is 107 cm³/mol. The van der Waals surface area contributed by atoms with Crippen molar-refractivity contribution >= 4 is 26.0 Å². The van der Waals surface area contributed by atoms with Gasteiger partial charge in [0.25, 0.3) is 0 Å². The van der Waals surface area contributed by atoms with Gasteiger partial charge in [-0.15, -0.1) is 0 Å². The van der Waals surface area contributed by atoms with Crippen molar-refractivity contribution in [2.75, 3.05) is 14.2 Å². The standard InChI is InChI=1S/C19H24BrNO4S/c1-12(2)14-6-8-15(9-7-14)13(3)21-26(22,23)19-11-18(25-5)17(24-4)10-16(19)20/h6-13,21H,1-5H3. The van der Waals surface area contributed by atoms with Gasteiger partial charge in [-0.1, -0.05) is 38.1 Å². The van der Waals surface area contributed by atoms with Crippen LogP contribution < -0.4 is 14.2 Å². The van der Waals surface area contributed by atoms with E-state index < -0.39 is 10.0 Å². The molecule has 5 nitrogen and oxygen atoms in total. The molecular formula is C19H24BrNO4S. The summed E-state index contributed by atoms with van der Waals surface area (Å²) in [6.07, 6.45) is 0. The lowest BCUT2D eigenvalue weighted by molar-refractivity contribution is 0.353. The van der Waals surface area contributed by atoms with Crippen LogP contribution in [0.1, 0.15) is 43.9 Å². The molecule has 0 amide bonds. The molecule has 2 aromatic carbocycles. The van der Waals surface area contributed by atoms with Gasteiger partial charge in [0, 0.05) is 16.6 Å². The Bertz CT molecular complexity index is 864. The van der Waals surface area contributed by atoms with Crippen LogP contribution in [-0.4, -0.2) is 22.6 Å². The van der Waals surface area contributed by atoms with Gasteiger partial charge < -0.3 is 9.47 Å². The number of methoxy groups -OCH3 is 2. The Morgan fingerprint density at radius 2 is 1.42 bits per heavy atom. The molecule has 0 saturated heterocycles. The molecule has 0 aliphatic carbocycles. The van der Waals surface area contributed by atoms with Crippen LogP contribution in [0.2, 0.25) is 0 Å². The molecule has 0 aromatic heterocycles. The highest BCUT2D eigenvalue weighted by Crippen LogP contribution is 2.36. The highest BCUT2D eigenvalue weighted by atomic mass is 79.9. The van der Waals surface area contributed by atoms with E-state index in [-0.39, 0.29) is 10.9 Å². The van der Waals surface area contributed by atoms with Crippen LogP contribution in [0.3, 0.4) is 0 Å². The van der Waals surface area contributed by atoms with Gasteiger partial charge in [0.05, 0.1) is 14.2 Å². The SMILES string of the molecule is COc1cc(Br)c(S(=O)(=O)NC(C)c2ccc(C(C)C)cc2)cc1OC. The zero-order valence-electron chi connectivity index (χ0n) is 15.5. The maximum Gasteiger partial charge on any atom is 0.242 e. The molecule has 0 fully saturated rings. The molecule has 0 radical (unpaired) electrons. The number of halogens is 1. The van der Waals surface area contributed by atoms with Crippen molar-refractivity contribution in [3.63, 3.8) is 0 Å². The van der Waals surface area contributed by atoms with Crippen LogP contribution in [-0.2, 0) is 10.0 Å². The summed E-state index contributed by atoms with van der Waals surface area (Å²) in [6, 6.07) is 10.6. The van der Waals surface area contributed by atoms with Crippen LogP contribution >= 0.6 is 15.9 Å². The van der Waals surface area contributed by atoms with E-state index in [1.807, 2.05) is 31.2 Å². The van der Waals surface area contributed by atoms with Crippen molar-refractivity contribution in [1.29, 1.82) is 0 Å². The van der Waals surface area contributed by atoms with E-state index in [9.17, 15) is 8.42 Å². The van der Waals surface area contributed by atoms with E-state index >= 15 is 0 Å². The van der Waals surface area contributed by atoms with Gasteiger partial charge in [-0.25, -0.2) is 13.1 Å². The molecule has 0 aliphatic heterocycles. The van der Waals surface area contributed by atoms with Crippen molar-refractivity contribution in [2.24, 2.45) is 0 Å². The minimum atomic E-state index is -3.75. The van der Waals surface area contributed by atoms with Crippen LogP contribution in [0.15, 0.2) is 45.8 Å². The number of nitrogens with one attached hydrogen (secondary N) is 1. The first-order valence-electron chi connectivity index (χ1n) is 8.23. The summed E-state index contributed by atoms with van der Waals surface area (Å²) in [5.41, 5.74) is 2.11. The quantitative estimate of drug-likeness (QED) is 0.679. The van der Waals surface area contributed by atoms with Gasteiger partial charge >= 0.3 is 0 Å². The third-order valence-corrected chi connectivity index (χ3v) is 6.66. The Morgan fingerprint density at radius 3 is 1.92 bits per heavy atom. The second kappa shape index (κ2) is 8.41. The number of ether oxygens (including phenoxy) is 2. The van der Waals surface area contributed by atoms with Crippen molar-refractivity contribution in [2.45, 2.75) is 37.6 Å². The smallest absolute Gasteiger partial charge is 0.242 e. The second-order valence-electron chi connectivity index (χ2n) is 6.30. The molecule has 0 spiro atoms. The summed E-state index contributed by atoms with van der Waals surface area (Å²) >= 11 is 3.30. The molecule has 26 heavy (non-hydrogen) atoms. The van der Waals surface area contributed by atoms with Crippen LogP contribution in [0, 0.1) is 0 Å². The fourth-order valence-electron chi connectivity index (χ4n) is 2.58. The molecule has 1 unspecified atom stereocenters. The van der Waals surface area contributed by atoms with Gasteiger partial charge in [0.2, 0.25) is 10.0 Å². The minimum absolute atomic E-state index is 0.0980. The highest BCUT2D eigenvalue weighted by Gasteiger charge is 2.23. The molecule has 7 heteroatoms. The Hall–Kier alpha value is -1.57. The number of sulfonamides is 1. The van der Waals surface area contributed by atoms with Crippen molar-refractivity contribution in [3.8, 4) is 11.5 Å². The summed E-state index contributed by atoms with van der Waals surface area (Å²) in [5, 5.41) is 0. The molecule has 0 heterocycles. The molecule has 0 bridgehead atoms. The number of benzene rings is 2. The summed E-state index contributed by atoms with van der Waals surface area (Å²) in [7, 11) is -0.788. The molecular weight excluding hydrogens is 418 g/mol. The molecule has 2 rings (SSSR count). The number of rotatable bonds is 7. The van der Waals surface area contributed by atoms with Crippen molar-refractivity contribution in [1.82, 2.24) is 4.72 Å². The van der Waals surface area contributed by atoms with E-state index in [0.717, 1.165) is 5.56 Å². The molecule has 1 atom stereocenters. The van der Waals surface area contributed by atoms with Crippen molar-refractivity contribution < 1.29 is 17.9 Å². The van der Waals surface area contributed by atoms with Gasteiger partial charge in [-0.05, 0) is 46.0 Å². The lowest BCUT2D eigenvalue weighted by Crippen LogP contribution is -2.27. The molecule has 0 saturated carbocycles. The average Bonchev–Trinajstić information content (AvgIpc) is 2.60. The zero-order chi connectivity index (χ0) is 19.5. The number of hydrogen-bond donors (Lipinski definition) is 1. The fourth-order valence-corrected chi connectivity index (χ4v) is 4.84. The molecule has 2 aromatic rings. The molecule has 1 N–H and O–H groups in total. The summed E-state index contributed by atoms with van der Waals surface area (Å²) in [5.74, 6) is 1.24. The largest absolute Gasteiger partial charge is 0.493 e. The molecule has 142 valence electrons. The van der Waals surface area contributed by atoms with E-state index in [1.165, 1.54) is 25.8 Å². The predicted octanol–water partition coefficient (Wildman–Crippen LogP) is 4.63. The second-order valence-corrected chi connectivity index (χ2v) is 8.84. The fraction of sp³-hybridized carbons (Fsp3) is 0.368. The first-order chi connectivity index (χ1) is 12.2. The highest BCUT2D eigenvalue weighted by molar-refractivity contribution is 9.10. The van der Waals surface area contributed by atoms with Gasteiger partial charge in [-0.3, -0.25) is 0 Å². The third-order valence-electron chi connectivity index (χ3n) is 4.16. The number of hydrogen-bond acceptors (Lipinski definition) is 4. The van der Waals surface area contributed by atoms with E-state index in [4.69, 9.17) is 9.47 Å². The van der Waals surface area contributed by atoms with E-state index in [1.54, 1.807) is 6.07 Å². The summed E-state index contributed by atoms with van der Waals surface area (Å²) in [4.78, 5) is 0.0980. The Balaban J connectivity index is 2.30. The van der Waals surface area contributed by atoms with Crippen LogP contribution in [0.4, 0.5) is 0 Å². The maximum atomic E-state index is 12.8. The van der Waals surface area contributed by atoms with Gasteiger partial charge in [0.15, 0.2) is 11.5 Å². The van der Waals surface area contributed by atoms with Gasteiger partial charge in [0.1, 0.15) is 4.90 Å². The first kappa shape index (κ1) is 20.7. The molecule has 0 aliphatic rings. The minimum Gasteiger partial charge on any atom is -0.493 e. The Kier molecular flexibility index (Phi) is 6.71.